The molecule has 1 N–H and O–H groups in total. The number of hydrogen-bond donors (Lipinski definition) is 1. The molecule has 1 saturated heterocycles. The molecule has 5 rings (SSSR count). The summed E-state index contributed by atoms with van der Waals surface area (Å²) in [4.78, 5) is 39.1. The summed E-state index contributed by atoms with van der Waals surface area (Å²) in [7, 11) is 0. The van der Waals surface area contributed by atoms with Gasteiger partial charge in [-0.1, -0.05) is 35.9 Å². The number of aromatic nitrogens is 3. The van der Waals surface area contributed by atoms with Crippen molar-refractivity contribution in [3.05, 3.63) is 88.3 Å². The molecule has 2 aromatic carbocycles. The van der Waals surface area contributed by atoms with Crippen LogP contribution < -0.4 is 15.8 Å². The van der Waals surface area contributed by atoms with Gasteiger partial charge in [0.1, 0.15) is 5.52 Å². The van der Waals surface area contributed by atoms with Crippen LogP contribution in [0.15, 0.2) is 76.6 Å². The van der Waals surface area contributed by atoms with E-state index in [2.05, 4.69) is 10.3 Å². The molecule has 0 aliphatic carbocycles. The van der Waals surface area contributed by atoms with Gasteiger partial charge in [-0.05, 0) is 61.9 Å². The predicted octanol–water partition coefficient (Wildman–Crippen LogP) is 4.73. The van der Waals surface area contributed by atoms with Crippen LogP contribution in [0.25, 0.3) is 11.2 Å². The largest absolute Gasteiger partial charge is 0.351 e. The zero-order valence-electron chi connectivity index (χ0n) is 20.5. The van der Waals surface area contributed by atoms with Crippen LogP contribution in [-0.2, 0) is 11.3 Å². The Labute approximate surface area is 214 Å². The van der Waals surface area contributed by atoms with Crippen molar-refractivity contribution in [1.29, 1.82) is 0 Å². The number of nitrogens with zero attached hydrogens (tertiary/aromatic N) is 4. The number of nitrogens with one attached hydrogen (secondary N) is 1. The van der Waals surface area contributed by atoms with Gasteiger partial charge in [0.05, 0.1) is 12.5 Å². The second-order valence-corrected chi connectivity index (χ2v) is 10.0. The third kappa shape index (κ3) is 5.14. The normalized spacial score (nSPS) is 15.7. The summed E-state index contributed by atoms with van der Waals surface area (Å²) in [5, 5.41) is 3.06. The highest BCUT2D eigenvalue weighted by Crippen LogP contribution is 2.24. The molecule has 3 heterocycles. The predicted molar refractivity (Wildman–Crippen MR) is 146 cm³/mol. The number of piperidine rings is 1. The number of aryl methyl sites for hydroxylation is 1. The van der Waals surface area contributed by atoms with E-state index in [9.17, 15) is 9.59 Å². The smallest absolute Gasteiger partial charge is 0.295 e. The summed E-state index contributed by atoms with van der Waals surface area (Å²) in [5.74, 6) is 0.123. The molecule has 1 unspecified atom stereocenters. The van der Waals surface area contributed by atoms with Gasteiger partial charge in [0.15, 0.2) is 11.5 Å². The van der Waals surface area contributed by atoms with Crippen molar-refractivity contribution in [3.8, 4) is 0 Å². The molecule has 0 saturated carbocycles. The van der Waals surface area contributed by atoms with Gasteiger partial charge in [-0.15, -0.1) is 11.8 Å². The minimum atomic E-state index is -0.229. The number of fused-ring (bicyclic) bond motifs is 1. The van der Waals surface area contributed by atoms with E-state index in [1.54, 1.807) is 22.5 Å². The third-order valence-corrected chi connectivity index (χ3v) is 7.30. The molecule has 1 amide bonds. The van der Waals surface area contributed by atoms with Crippen molar-refractivity contribution in [2.75, 3.05) is 29.6 Å². The maximum atomic E-state index is 13.7. The van der Waals surface area contributed by atoms with Gasteiger partial charge < -0.3 is 10.2 Å². The topological polar surface area (TPSA) is 80.1 Å². The molecule has 1 aliphatic rings. The zero-order chi connectivity index (χ0) is 25.1. The Morgan fingerprint density at radius 1 is 1.14 bits per heavy atom. The number of amides is 1. The fourth-order valence-electron chi connectivity index (χ4n) is 4.62. The first-order chi connectivity index (χ1) is 17.5. The highest BCUT2D eigenvalue weighted by atomic mass is 32.2. The van der Waals surface area contributed by atoms with Crippen LogP contribution >= 0.6 is 11.8 Å². The van der Waals surface area contributed by atoms with E-state index in [0.29, 0.717) is 36.6 Å². The lowest BCUT2D eigenvalue weighted by molar-refractivity contribution is -0.120. The number of hydrogen-bond acceptors (Lipinski definition) is 6. The molecule has 184 valence electrons. The first kappa shape index (κ1) is 24.1. The number of thioether (sulfide) groups is 1. The molecule has 0 bridgehead atoms. The fourth-order valence-corrected chi connectivity index (χ4v) is 5.08. The quantitative estimate of drug-likeness (QED) is 0.387. The molecule has 8 heteroatoms. The first-order valence-electron chi connectivity index (χ1n) is 12.1. The number of pyridine rings is 1. The molecule has 0 radical (unpaired) electrons. The Kier molecular flexibility index (Phi) is 7.04. The van der Waals surface area contributed by atoms with E-state index in [0.717, 1.165) is 29.0 Å². The maximum absolute atomic E-state index is 13.7. The molecule has 1 atom stereocenters. The van der Waals surface area contributed by atoms with Crippen molar-refractivity contribution < 1.29 is 4.79 Å². The highest BCUT2D eigenvalue weighted by molar-refractivity contribution is 7.98. The van der Waals surface area contributed by atoms with Crippen LogP contribution in [0.5, 0.6) is 0 Å². The monoisotopic (exact) mass is 499 g/mol. The van der Waals surface area contributed by atoms with Crippen LogP contribution in [-0.4, -0.2) is 39.8 Å². The van der Waals surface area contributed by atoms with Crippen molar-refractivity contribution in [2.24, 2.45) is 5.92 Å². The summed E-state index contributed by atoms with van der Waals surface area (Å²) in [6, 6.07) is 19.7. The van der Waals surface area contributed by atoms with Crippen molar-refractivity contribution >= 4 is 40.3 Å². The zero-order valence-corrected chi connectivity index (χ0v) is 21.3. The van der Waals surface area contributed by atoms with Crippen LogP contribution in [0.4, 0.5) is 11.5 Å². The van der Waals surface area contributed by atoms with Crippen LogP contribution in [0.2, 0.25) is 0 Å². The summed E-state index contributed by atoms with van der Waals surface area (Å²) in [5.41, 5.74) is 4.03. The molecule has 1 aliphatic heterocycles. The van der Waals surface area contributed by atoms with E-state index < -0.39 is 0 Å². The van der Waals surface area contributed by atoms with Crippen LogP contribution in [0.1, 0.15) is 24.0 Å². The van der Waals surface area contributed by atoms with Gasteiger partial charge >= 0.3 is 0 Å². The Morgan fingerprint density at radius 2 is 1.97 bits per heavy atom. The van der Waals surface area contributed by atoms with E-state index in [1.807, 2.05) is 78.7 Å². The average molecular weight is 500 g/mol. The van der Waals surface area contributed by atoms with Crippen molar-refractivity contribution in [3.63, 3.8) is 0 Å². The van der Waals surface area contributed by atoms with Crippen LogP contribution in [0, 0.1) is 12.8 Å². The standard InChI is InChI=1S/C28H29N5O2S/c1-19-10-12-20(13-11-19)17-33-25-24(9-4-14-29-25)31-26(28(33)35)32-15-5-6-21(18-32)27(34)30-22-7-3-8-23(16-22)36-2/h3-4,7-14,16,21H,5-6,15,17-18H2,1-2H3,(H,30,34). The van der Waals surface area contributed by atoms with Crippen LogP contribution in [0.3, 0.4) is 0 Å². The molecular formula is C28H29N5O2S. The maximum Gasteiger partial charge on any atom is 0.295 e. The van der Waals surface area contributed by atoms with Crippen molar-refractivity contribution in [1.82, 2.24) is 14.5 Å². The second-order valence-electron chi connectivity index (χ2n) is 9.16. The minimum absolute atomic E-state index is 0.0274. The van der Waals surface area contributed by atoms with Gasteiger partial charge in [-0.2, -0.15) is 0 Å². The number of anilines is 2. The van der Waals surface area contributed by atoms with Crippen molar-refractivity contribution in [2.45, 2.75) is 31.2 Å². The Balaban J connectivity index is 1.43. The number of rotatable bonds is 6. The van der Waals surface area contributed by atoms with Gasteiger partial charge in [0.2, 0.25) is 5.91 Å². The van der Waals surface area contributed by atoms with Gasteiger partial charge in [-0.25, -0.2) is 9.97 Å². The average Bonchev–Trinajstić information content (AvgIpc) is 2.91. The van der Waals surface area contributed by atoms with Gasteiger partial charge in [0.25, 0.3) is 5.56 Å². The lowest BCUT2D eigenvalue weighted by atomic mass is 9.97. The number of carbonyl (C=O) groups excluding carboxylic acids is 1. The van der Waals surface area contributed by atoms with Gasteiger partial charge in [-0.3, -0.25) is 14.2 Å². The summed E-state index contributed by atoms with van der Waals surface area (Å²) < 4.78 is 1.69. The molecule has 1 fully saturated rings. The minimum Gasteiger partial charge on any atom is -0.351 e. The SMILES string of the molecule is CSc1cccc(NC(=O)C2CCCN(c3nc4cccnc4n(Cc4ccc(C)cc4)c3=O)C2)c1. The lowest BCUT2D eigenvalue weighted by Crippen LogP contribution is -2.44. The highest BCUT2D eigenvalue weighted by Gasteiger charge is 2.29. The Hall–Kier alpha value is -3.65. The Bertz CT molecular complexity index is 1450. The molecular weight excluding hydrogens is 470 g/mol. The molecule has 7 nitrogen and oxygen atoms in total. The van der Waals surface area contributed by atoms with E-state index in [1.165, 1.54) is 5.56 Å². The molecule has 36 heavy (non-hydrogen) atoms. The number of carbonyl (C=O) groups is 1. The molecule has 4 aromatic rings. The van der Waals surface area contributed by atoms with E-state index >= 15 is 0 Å². The molecule has 2 aromatic heterocycles. The fraction of sp³-hybridized carbons (Fsp3) is 0.286. The van der Waals surface area contributed by atoms with E-state index in [4.69, 9.17) is 4.98 Å². The summed E-state index contributed by atoms with van der Waals surface area (Å²) in [6.45, 7) is 3.59. The Morgan fingerprint density at radius 3 is 2.78 bits per heavy atom. The van der Waals surface area contributed by atoms with E-state index in [-0.39, 0.29) is 17.4 Å². The molecule has 0 spiro atoms. The summed E-state index contributed by atoms with van der Waals surface area (Å²) >= 11 is 1.64. The third-order valence-electron chi connectivity index (χ3n) is 6.57. The summed E-state index contributed by atoms with van der Waals surface area (Å²) in [6.07, 6.45) is 5.28. The van der Waals surface area contributed by atoms with Gasteiger partial charge in [0, 0.05) is 29.9 Å². The lowest BCUT2D eigenvalue weighted by Gasteiger charge is -2.32. The second kappa shape index (κ2) is 10.5. The number of benzene rings is 2. The first-order valence-corrected chi connectivity index (χ1v) is 13.4.